The molecule has 4 aromatic carbocycles. The van der Waals surface area contributed by atoms with E-state index in [4.69, 9.17) is 26.3 Å². The zero-order chi connectivity index (χ0) is 34.9. The first kappa shape index (κ1) is 30.3. The number of benzene rings is 4. The van der Waals surface area contributed by atoms with Crippen molar-refractivity contribution in [2.45, 2.75) is 20.2 Å². The molecule has 0 saturated heterocycles. The fourth-order valence-electron chi connectivity index (χ4n) is 7.16. The highest BCUT2D eigenvalue weighted by Crippen LogP contribution is 2.65. The Balaban J connectivity index is 1.82. The van der Waals surface area contributed by atoms with Gasteiger partial charge in [0.25, 0.3) is 11.4 Å². The molecule has 0 heterocycles. The number of ether oxygens (including phenoxy) is 1. The average molecular weight is 641 g/mol. The van der Waals surface area contributed by atoms with Crippen LogP contribution in [0.4, 0.5) is 13.2 Å². The van der Waals surface area contributed by atoms with E-state index in [1.807, 2.05) is 62.4 Å². The maximum absolute atomic E-state index is 13.4. The van der Waals surface area contributed by atoms with Crippen molar-refractivity contribution in [2.24, 2.45) is 0 Å². The molecule has 7 rings (SSSR count). The monoisotopic (exact) mass is 640 g/mol. The third kappa shape index (κ3) is 4.17. The van der Waals surface area contributed by atoms with Crippen LogP contribution in [0, 0.1) is 62.8 Å². The Hall–Kier alpha value is -7.37. The molecule has 49 heavy (non-hydrogen) atoms. The summed E-state index contributed by atoms with van der Waals surface area (Å²) in [6, 6.07) is 18.6. The maximum atomic E-state index is 13.4. The number of nitriles is 2. The number of alkyl halides is 3. The van der Waals surface area contributed by atoms with Crippen molar-refractivity contribution < 1.29 is 17.9 Å². The van der Waals surface area contributed by atoms with Crippen LogP contribution in [-0.2, 0) is 0 Å². The predicted octanol–water partition coefficient (Wildman–Crippen LogP) is 10.1. The Morgan fingerprint density at radius 1 is 0.571 bits per heavy atom. The standard InChI is InChI=1S/C39H15F3N6O/c1-18-7-10-21-24(13-18)29(27(16-43)45-3)35-31-23-12-9-20(49-39(40,41)42)15-26(23)30(28(17-44)46-4)36(31)33-22-11-8-19(2)14-25(22)34(37(33)32(21)35)38(47-5)48-6/h7-15H,1-2H3/b29-27+,30-28-. The van der Waals surface area contributed by atoms with Crippen molar-refractivity contribution in [3.8, 4) is 51.3 Å². The van der Waals surface area contributed by atoms with E-state index in [9.17, 15) is 23.7 Å². The van der Waals surface area contributed by atoms with E-state index >= 15 is 0 Å². The molecule has 0 atom stereocenters. The summed E-state index contributed by atoms with van der Waals surface area (Å²) in [6.45, 7) is 35.6. The summed E-state index contributed by atoms with van der Waals surface area (Å²) in [6.07, 6.45) is -5.02. The van der Waals surface area contributed by atoms with Crippen LogP contribution in [0.2, 0.25) is 0 Å². The normalized spacial score (nSPS) is 14.6. The van der Waals surface area contributed by atoms with Crippen LogP contribution in [0.25, 0.3) is 69.5 Å². The molecule has 3 aliphatic carbocycles. The second-order valence-electron chi connectivity index (χ2n) is 11.4. The van der Waals surface area contributed by atoms with Crippen molar-refractivity contribution in [2.75, 3.05) is 0 Å². The minimum atomic E-state index is -5.02. The van der Waals surface area contributed by atoms with Gasteiger partial charge < -0.3 is 4.74 Å². The minimum absolute atomic E-state index is 0.0435. The SMILES string of the molecule is [C-]#[N+]C([N+]#[C-])=C1c2cc(C)ccc2-c2c1c1c(c3c2/C(=C(/C#N)[N+]#[C-])c2cc(OC(F)(F)F)ccc2-3)/C(=C(\C#N)[N+]#[C-])c2cc(C)ccc2-1. The molecular weight excluding hydrogens is 625 g/mol. The fraction of sp³-hybridized carbons (Fsp3) is 0.0769. The quantitative estimate of drug-likeness (QED) is 0.132. The number of halogens is 3. The van der Waals surface area contributed by atoms with Crippen LogP contribution < -0.4 is 4.74 Å². The molecule has 0 aliphatic heterocycles. The number of allylic oxidation sites excluding steroid dienone is 2. The van der Waals surface area contributed by atoms with Crippen LogP contribution in [-0.4, -0.2) is 6.36 Å². The Kier molecular flexibility index (Phi) is 6.55. The highest BCUT2D eigenvalue weighted by molar-refractivity contribution is 6.24. The van der Waals surface area contributed by atoms with Gasteiger partial charge in [0, 0.05) is 11.1 Å². The molecule has 3 aliphatic rings. The summed E-state index contributed by atoms with van der Waals surface area (Å²) < 4.78 is 44.6. The smallest absolute Gasteiger partial charge is 0.406 e. The Bertz CT molecular complexity index is 2590. The molecule has 228 valence electrons. The van der Waals surface area contributed by atoms with E-state index in [0.29, 0.717) is 66.8 Å². The zero-order valence-corrected chi connectivity index (χ0v) is 25.4. The van der Waals surface area contributed by atoms with Crippen molar-refractivity contribution in [3.63, 3.8) is 0 Å². The molecule has 0 aromatic heterocycles. The molecule has 7 nitrogen and oxygen atoms in total. The van der Waals surface area contributed by atoms with E-state index in [0.717, 1.165) is 23.3 Å². The number of aryl methyl sites for hydroxylation is 2. The molecule has 0 fully saturated rings. The summed E-state index contributed by atoms with van der Waals surface area (Å²) >= 11 is 0. The third-order valence-corrected chi connectivity index (χ3v) is 8.79. The average Bonchev–Trinajstić information content (AvgIpc) is 3.68. The third-order valence-electron chi connectivity index (χ3n) is 8.79. The van der Waals surface area contributed by atoms with Gasteiger partial charge in [-0.3, -0.25) is 0 Å². The largest absolute Gasteiger partial charge is 0.573 e. The lowest BCUT2D eigenvalue weighted by Crippen LogP contribution is -2.17. The maximum Gasteiger partial charge on any atom is 0.573 e. The molecule has 0 saturated carbocycles. The Morgan fingerprint density at radius 3 is 1.39 bits per heavy atom. The Labute approximate surface area is 278 Å². The van der Waals surface area contributed by atoms with Gasteiger partial charge in [0.05, 0.1) is 30.9 Å². The van der Waals surface area contributed by atoms with Crippen LogP contribution >= 0.6 is 0 Å². The van der Waals surface area contributed by atoms with Crippen molar-refractivity contribution in [1.29, 1.82) is 10.5 Å². The first-order valence-electron chi connectivity index (χ1n) is 14.4. The van der Waals surface area contributed by atoms with Gasteiger partial charge >= 0.3 is 12.2 Å². The second-order valence-corrected chi connectivity index (χ2v) is 11.4. The molecule has 0 radical (unpaired) electrons. The summed E-state index contributed by atoms with van der Waals surface area (Å²) in [5, 5.41) is 20.5. The lowest BCUT2D eigenvalue weighted by molar-refractivity contribution is -0.274. The zero-order valence-electron chi connectivity index (χ0n) is 25.4. The summed E-state index contributed by atoms with van der Waals surface area (Å²) in [5.41, 5.74) is 7.02. The van der Waals surface area contributed by atoms with E-state index < -0.39 is 17.8 Å². The van der Waals surface area contributed by atoms with Crippen LogP contribution in [0.3, 0.4) is 0 Å². The molecule has 0 unspecified atom stereocenters. The van der Waals surface area contributed by atoms with Crippen LogP contribution in [0.1, 0.15) is 44.5 Å². The lowest BCUT2D eigenvalue weighted by Gasteiger charge is -2.18. The van der Waals surface area contributed by atoms with E-state index in [2.05, 4.69) is 24.1 Å². The van der Waals surface area contributed by atoms with Gasteiger partial charge in [-0.1, -0.05) is 53.6 Å². The number of hydrogen-bond donors (Lipinski definition) is 0. The van der Waals surface area contributed by atoms with Crippen molar-refractivity contribution in [3.05, 3.63) is 162 Å². The van der Waals surface area contributed by atoms with E-state index in [1.165, 1.54) is 6.07 Å². The lowest BCUT2D eigenvalue weighted by atomic mass is 9.83. The minimum Gasteiger partial charge on any atom is -0.406 e. The van der Waals surface area contributed by atoms with Crippen molar-refractivity contribution >= 4 is 16.7 Å². The molecular formula is C39H15F3N6O. The highest BCUT2D eigenvalue weighted by atomic mass is 19.4. The van der Waals surface area contributed by atoms with Gasteiger partial charge in [-0.25, -0.2) is 20.2 Å². The molecule has 0 bridgehead atoms. The summed E-state index contributed by atoms with van der Waals surface area (Å²) in [5.74, 6) is -0.808. The molecule has 0 N–H and O–H groups in total. The second kappa shape index (κ2) is 10.6. The van der Waals surface area contributed by atoms with E-state index in [1.54, 1.807) is 0 Å². The van der Waals surface area contributed by atoms with Crippen LogP contribution in [0.5, 0.6) is 5.75 Å². The van der Waals surface area contributed by atoms with Gasteiger partial charge in [0.2, 0.25) is 0 Å². The first-order valence-corrected chi connectivity index (χ1v) is 14.4. The van der Waals surface area contributed by atoms with Gasteiger partial charge in [0.15, 0.2) is 0 Å². The van der Waals surface area contributed by atoms with Crippen LogP contribution in [0.15, 0.2) is 71.8 Å². The number of hydrogen-bond acceptors (Lipinski definition) is 3. The number of fused-ring (bicyclic) bond motifs is 12. The Morgan fingerprint density at radius 2 is 0.980 bits per heavy atom. The topological polar surface area (TPSA) is 74.2 Å². The summed E-state index contributed by atoms with van der Waals surface area (Å²) in [7, 11) is 0. The molecule has 10 heteroatoms. The first-order chi connectivity index (χ1) is 23.5. The predicted molar refractivity (Wildman–Crippen MR) is 175 cm³/mol. The number of rotatable bonds is 1. The highest BCUT2D eigenvalue weighted by Gasteiger charge is 2.46. The molecule has 0 spiro atoms. The van der Waals surface area contributed by atoms with Gasteiger partial charge in [0.1, 0.15) is 18.9 Å². The fourth-order valence-corrected chi connectivity index (χ4v) is 7.16. The van der Waals surface area contributed by atoms with Gasteiger partial charge in [-0.15, -0.1) is 13.2 Å². The van der Waals surface area contributed by atoms with Gasteiger partial charge in [-0.2, -0.15) is 9.69 Å². The summed E-state index contributed by atoms with van der Waals surface area (Å²) in [4.78, 5) is 14.2. The van der Waals surface area contributed by atoms with Gasteiger partial charge in [-0.05, 0) is 92.7 Å². The molecule has 4 aromatic rings. The number of nitrogens with zero attached hydrogens (tertiary/aromatic N) is 6. The van der Waals surface area contributed by atoms with Crippen molar-refractivity contribution in [1.82, 2.24) is 0 Å². The molecule has 0 amide bonds. The van der Waals surface area contributed by atoms with E-state index in [-0.39, 0.29) is 28.2 Å².